The maximum atomic E-state index is 13.1. The molecule has 0 unspecified atom stereocenters. The highest BCUT2D eigenvalue weighted by molar-refractivity contribution is 5.98. The number of ketones is 1. The van der Waals surface area contributed by atoms with Crippen LogP contribution in [0.15, 0.2) is 0 Å². The number of hydrogen-bond acceptors (Lipinski definition) is 5. The molecule has 1 heterocycles. The van der Waals surface area contributed by atoms with Gasteiger partial charge in [-0.3, -0.25) is 19.2 Å². The van der Waals surface area contributed by atoms with E-state index in [4.69, 9.17) is 4.74 Å². The highest BCUT2D eigenvalue weighted by atomic mass is 16.6. The summed E-state index contributed by atoms with van der Waals surface area (Å²) in [4.78, 5) is 50.4. The molecule has 0 aliphatic carbocycles. The van der Waals surface area contributed by atoms with Crippen LogP contribution in [-0.4, -0.2) is 53.8 Å². The lowest BCUT2D eigenvalue weighted by molar-refractivity contribution is -0.134. The van der Waals surface area contributed by atoms with Crippen molar-refractivity contribution in [2.45, 2.75) is 98.4 Å². The van der Waals surface area contributed by atoms with E-state index in [9.17, 15) is 19.2 Å². The minimum atomic E-state index is -0.836. The predicted octanol–water partition coefficient (Wildman–Crippen LogP) is 1.96. The summed E-state index contributed by atoms with van der Waals surface area (Å²) in [5.74, 6) is -0.697. The molecule has 3 N–H and O–H groups in total. The third kappa shape index (κ3) is 9.37. The molecule has 0 spiro atoms. The monoisotopic (exact) mass is 439 g/mol. The summed E-state index contributed by atoms with van der Waals surface area (Å²) in [6, 6.07) is -2.19. The Morgan fingerprint density at radius 1 is 0.742 bits per heavy atom. The van der Waals surface area contributed by atoms with Crippen LogP contribution in [0.4, 0.5) is 0 Å². The van der Waals surface area contributed by atoms with E-state index in [1.54, 1.807) is 6.92 Å². The number of rotatable bonds is 13. The number of hydrogen-bond donors (Lipinski definition) is 3. The molecule has 0 saturated carbocycles. The third-order valence-corrected chi connectivity index (χ3v) is 5.18. The molecular formula is C23H41N3O5. The second kappa shape index (κ2) is 11.6. The molecule has 0 radical (unpaired) electrons. The minimum Gasteiger partial charge on any atom is -0.361 e. The van der Waals surface area contributed by atoms with Crippen LogP contribution in [0.2, 0.25) is 0 Å². The Kier molecular flexibility index (Phi) is 10.1. The first-order valence-corrected chi connectivity index (χ1v) is 11.3. The van der Waals surface area contributed by atoms with Crippen LogP contribution in [0, 0.1) is 17.8 Å². The van der Waals surface area contributed by atoms with E-state index in [0.717, 1.165) is 0 Å². The van der Waals surface area contributed by atoms with Gasteiger partial charge in [0.05, 0.1) is 12.6 Å². The van der Waals surface area contributed by atoms with Crippen LogP contribution >= 0.6 is 0 Å². The van der Waals surface area contributed by atoms with Crippen LogP contribution in [0.5, 0.6) is 0 Å². The van der Waals surface area contributed by atoms with E-state index in [-0.39, 0.29) is 29.4 Å². The van der Waals surface area contributed by atoms with Crippen molar-refractivity contribution in [2.24, 2.45) is 17.8 Å². The van der Waals surface area contributed by atoms with E-state index in [2.05, 4.69) is 16.0 Å². The largest absolute Gasteiger partial charge is 0.361 e. The number of amides is 3. The van der Waals surface area contributed by atoms with Crippen molar-refractivity contribution in [2.75, 3.05) is 6.61 Å². The SMILES string of the molecule is CC(=O)N[C@@H](CC(C)C)C(=O)N[C@@H](CC(C)C)C(=O)N[C@@H](CC(C)C)C(=O)[C@]1(C)CO1. The van der Waals surface area contributed by atoms with Crippen LogP contribution in [0.1, 0.15) is 74.7 Å². The van der Waals surface area contributed by atoms with E-state index in [1.165, 1.54) is 6.92 Å². The molecule has 0 aromatic carbocycles. The van der Waals surface area contributed by atoms with Gasteiger partial charge in [-0.15, -0.1) is 0 Å². The topological polar surface area (TPSA) is 117 Å². The number of epoxide rings is 1. The molecule has 1 rings (SSSR count). The van der Waals surface area contributed by atoms with Crippen LogP contribution < -0.4 is 16.0 Å². The van der Waals surface area contributed by atoms with Gasteiger partial charge in [-0.1, -0.05) is 41.5 Å². The van der Waals surface area contributed by atoms with Crippen molar-refractivity contribution in [1.29, 1.82) is 0 Å². The molecule has 1 fully saturated rings. The zero-order valence-electron chi connectivity index (χ0n) is 20.3. The van der Waals surface area contributed by atoms with E-state index in [1.807, 2.05) is 41.5 Å². The van der Waals surface area contributed by atoms with Gasteiger partial charge in [0, 0.05) is 6.92 Å². The van der Waals surface area contributed by atoms with Gasteiger partial charge in [-0.05, 0) is 43.9 Å². The lowest BCUT2D eigenvalue weighted by Gasteiger charge is -2.27. The quantitative estimate of drug-likeness (QED) is 0.379. The van der Waals surface area contributed by atoms with Gasteiger partial charge in [0.25, 0.3) is 0 Å². The van der Waals surface area contributed by atoms with Gasteiger partial charge in [-0.25, -0.2) is 0 Å². The average molecular weight is 440 g/mol. The Morgan fingerprint density at radius 3 is 1.45 bits per heavy atom. The maximum Gasteiger partial charge on any atom is 0.243 e. The first-order valence-electron chi connectivity index (χ1n) is 11.3. The van der Waals surface area contributed by atoms with Gasteiger partial charge in [0.2, 0.25) is 17.7 Å². The van der Waals surface area contributed by atoms with E-state index < -0.39 is 35.5 Å². The lowest BCUT2D eigenvalue weighted by Crippen LogP contribution is -2.57. The van der Waals surface area contributed by atoms with Crippen molar-refractivity contribution in [1.82, 2.24) is 16.0 Å². The van der Waals surface area contributed by atoms with Crippen LogP contribution in [0.25, 0.3) is 0 Å². The van der Waals surface area contributed by atoms with Gasteiger partial charge in [0.1, 0.15) is 17.7 Å². The Hall–Kier alpha value is -1.96. The maximum absolute atomic E-state index is 13.1. The van der Waals surface area contributed by atoms with Crippen LogP contribution in [-0.2, 0) is 23.9 Å². The fourth-order valence-electron chi connectivity index (χ4n) is 3.52. The van der Waals surface area contributed by atoms with Crippen molar-refractivity contribution >= 4 is 23.5 Å². The third-order valence-electron chi connectivity index (χ3n) is 5.18. The summed E-state index contributed by atoms with van der Waals surface area (Å²) >= 11 is 0. The number of ether oxygens (including phenoxy) is 1. The fourth-order valence-corrected chi connectivity index (χ4v) is 3.52. The molecule has 0 aromatic rings. The number of nitrogens with one attached hydrogen (secondary N) is 3. The van der Waals surface area contributed by atoms with E-state index >= 15 is 0 Å². The Balaban J connectivity index is 2.96. The molecule has 1 aliphatic rings. The van der Waals surface area contributed by atoms with E-state index in [0.29, 0.717) is 25.9 Å². The average Bonchev–Trinajstić information content (AvgIpc) is 3.36. The van der Waals surface area contributed by atoms with Gasteiger partial charge in [0.15, 0.2) is 5.78 Å². The van der Waals surface area contributed by atoms with Crippen LogP contribution in [0.3, 0.4) is 0 Å². The second-order valence-corrected chi connectivity index (χ2v) is 10.1. The minimum absolute atomic E-state index is 0.139. The Morgan fingerprint density at radius 2 is 1.10 bits per heavy atom. The van der Waals surface area contributed by atoms with Crippen molar-refractivity contribution in [3.8, 4) is 0 Å². The summed E-state index contributed by atoms with van der Waals surface area (Å²) < 4.78 is 5.29. The molecular weight excluding hydrogens is 398 g/mol. The molecule has 0 aromatic heterocycles. The van der Waals surface area contributed by atoms with Gasteiger partial charge in [-0.2, -0.15) is 0 Å². The Bertz CT molecular complexity index is 656. The molecule has 31 heavy (non-hydrogen) atoms. The summed E-state index contributed by atoms with van der Waals surface area (Å²) in [6.07, 6.45) is 1.38. The first kappa shape index (κ1) is 27.1. The highest BCUT2D eigenvalue weighted by Crippen LogP contribution is 2.29. The predicted molar refractivity (Wildman–Crippen MR) is 119 cm³/mol. The summed E-state index contributed by atoms with van der Waals surface area (Å²) in [5, 5.41) is 8.33. The number of carbonyl (C=O) groups excluding carboxylic acids is 4. The molecule has 3 amide bonds. The molecule has 8 nitrogen and oxygen atoms in total. The molecule has 8 heteroatoms. The normalized spacial score (nSPS) is 20.9. The standard InChI is InChI=1S/C23H41N3O5/c1-13(2)9-17(20(28)23(8)12-31-23)25-22(30)19(11-15(5)6)26-21(29)18(10-14(3)4)24-16(7)27/h13-15,17-19H,9-12H2,1-8H3,(H,24,27)(H,25,30)(H,26,29)/t17-,18-,19-,23-/m0/s1. The summed E-state index contributed by atoms with van der Waals surface area (Å²) in [7, 11) is 0. The molecule has 1 saturated heterocycles. The molecule has 1 aliphatic heterocycles. The Labute approximate surface area is 186 Å². The van der Waals surface area contributed by atoms with Crippen molar-refractivity contribution in [3.05, 3.63) is 0 Å². The smallest absolute Gasteiger partial charge is 0.243 e. The van der Waals surface area contributed by atoms with Crippen molar-refractivity contribution < 1.29 is 23.9 Å². The van der Waals surface area contributed by atoms with Gasteiger partial charge < -0.3 is 20.7 Å². The summed E-state index contributed by atoms with van der Waals surface area (Å²) in [5.41, 5.74) is -0.836. The first-order chi connectivity index (χ1) is 14.2. The zero-order valence-corrected chi connectivity index (χ0v) is 20.3. The lowest BCUT2D eigenvalue weighted by atomic mass is 9.92. The highest BCUT2D eigenvalue weighted by Gasteiger charge is 2.50. The van der Waals surface area contributed by atoms with Crippen molar-refractivity contribution in [3.63, 3.8) is 0 Å². The fraction of sp³-hybridized carbons (Fsp3) is 0.826. The number of carbonyl (C=O) groups is 4. The zero-order chi connectivity index (χ0) is 23.9. The van der Waals surface area contributed by atoms with Gasteiger partial charge >= 0.3 is 0 Å². The summed E-state index contributed by atoms with van der Waals surface area (Å²) in [6.45, 7) is 15.3. The molecule has 0 bridgehead atoms. The molecule has 178 valence electrons. The molecule has 4 atom stereocenters. The second-order valence-electron chi connectivity index (χ2n) is 10.1. The number of Topliss-reactive ketones (excluding diaryl/α,β-unsaturated/α-hetero) is 1.